The average Bonchev–Trinajstić information content (AvgIpc) is 2.59. The standard InChI is InChI=1S/C23H30FN2O2P/c1-22(2,3)16-13-18(23(4,5)6)20-19(14-16)25-21(29(27,28-20)26(7)8)15-9-11-17(24)12-10-15/h9-14H,1-8H3. The molecule has 0 saturated carbocycles. The molecular formula is C23H30FN2O2P. The third-order valence-corrected chi connectivity index (χ3v) is 7.46. The number of rotatable bonds is 2. The van der Waals surface area contributed by atoms with Crippen LogP contribution in [0.3, 0.4) is 0 Å². The van der Waals surface area contributed by atoms with Gasteiger partial charge in [0, 0.05) is 11.1 Å². The summed E-state index contributed by atoms with van der Waals surface area (Å²) in [5.41, 5.74) is 3.40. The van der Waals surface area contributed by atoms with Crippen molar-refractivity contribution in [3.8, 4) is 5.75 Å². The number of halogens is 1. The van der Waals surface area contributed by atoms with Gasteiger partial charge < -0.3 is 4.52 Å². The van der Waals surface area contributed by atoms with Gasteiger partial charge in [0.15, 0.2) is 11.2 Å². The summed E-state index contributed by atoms with van der Waals surface area (Å²) in [6.45, 7) is 12.8. The summed E-state index contributed by atoms with van der Waals surface area (Å²) >= 11 is 0. The van der Waals surface area contributed by atoms with Gasteiger partial charge in [0.1, 0.15) is 11.5 Å². The monoisotopic (exact) mass is 416 g/mol. The van der Waals surface area contributed by atoms with E-state index in [9.17, 15) is 8.96 Å². The number of nitrogens with zero attached hydrogens (tertiary/aromatic N) is 2. The lowest BCUT2D eigenvalue weighted by Crippen LogP contribution is -2.25. The van der Waals surface area contributed by atoms with Crippen LogP contribution in [0.4, 0.5) is 10.1 Å². The maximum absolute atomic E-state index is 14.0. The van der Waals surface area contributed by atoms with Crippen LogP contribution in [-0.2, 0) is 15.4 Å². The Morgan fingerprint density at radius 3 is 2.03 bits per heavy atom. The lowest BCUT2D eigenvalue weighted by molar-refractivity contribution is 0.421. The Bertz CT molecular complexity index is 1010. The predicted octanol–water partition coefficient (Wildman–Crippen LogP) is 6.65. The van der Waals surface area contributed by atoms with Gasteiger partial charge in [-0.2, -0.15) is 0 Å². The largest absolute Gasteiger partial charge is 0.426 e. The first-order chi connectivity index (χ1) is 13.2. The van der Waals surface area contributed by atoms with Crippen LogP contribution >= 0.6 is 7.52 Å². The number of hydrogen-bond donors (Lipinski definition) is 0. The highest BCUT2D eigenvalue weighted by Crippen LogP contribution is 2.60. The zero-order valence-electron chi connectivity index (χ0n) is 18.5. The Morgan fingerprint density at radius 2 is 1.55 bits per heavy atom. The van der Waals surface area contributed by atoms with E-state index in [-0.39, 0.29) is 16.6 Å². The summed E-state index contributed by atoms with van der Waals surface area (Å²) in [4.78, 5) is 4.83. The molecule has 2 aromatic rings. The highest BCUT2D eigenvalue weighted by atomic mass is 31.2. The van der Waals surface area contributed by atoms with E-state index in [0.717, 1.165) is 11.1 Å². The molecule has 1 unspecified atom stereocenters. The highest BCUT2D eigenvalue weighted by Gasteiger charge is 2.42. The summed E-state index contributed by atoms with van der Waals surface area (Å²) in [6, 6.07) is 10.0. The SMILES string of the molecule is CN(C)P1(=O)Oc2c(cc(C(C)(C)C)cc2C(C)(C)C)N=C1c1ccc(F)cc1. The van der Waals surface area contributed by atoms with Crippen molar-refractivity contribution in [1.82, 2.24) is 4.67 Å². The Hall–Kier alpha value is -1.97. The summed E-state index contributed by atoms with van der Waals surface area (Å²) in [5, 5.41) is 0. The van der Waals surface area contributed by atoms with Crippen molar-refractivity contribution in [2.24, 2.45) is 4.99 Å². The second-order valence-electron chi connectivity index (χ2n) is 9.77. The van der Waals surface area contributed by atoms with Gasteiger partial charge in [-0.15, -0.1) is 0 Å². The van der Waals surface area contributed by atoms with Crippen LogP contribution in [0.5, 0.6) is 5.75 Å². The molecule has 156 valence electrons. The third-order valence-electron chi connectivity index (χ3n) is 5.08. The molecule has 1 atom stereocenters. The van der Waals surface area contributed by atoms with E-state index >= 15 is 0 Å². The lowest BCUT2D eigenvalue weighted by Gasteiger charge is -2.35. The van der Waals surface area contributed by atoms with Crippen molar-refractivity contribution in [1.29, 1.82) is 0 Å². The lowest BCUT2D eigenvalue weighted by atomic mass is 9.80. The van der Waals surface area contributed by atoms with Gasteiger partial charge >= 0.3 is 7.52 Å². The molecule has 0 bridgehead atoms. The molecule has 1 aliphatic heterocycles. The van der Waals surface area contributed by atoms with E-state index in [2.05, 4.69) is 47.6 Å². The summed E-state index contributed by atoms with van der Waals surface area (Å²) in [6.07, 6.45) is 0. The van der Waals surface area contributed by atoms with Crippen molar-refractivity contribution < 1.29 is 13.5 Å². The van der Waals surface area contributed by atoms with Crippen LogP contribution in [0.25, 0.3) is 0 Å². The minimum atomic E-state index is -3.46. The maximum Gasteiger partial charge on any atom is 0.367 e. The summed E-state index contributed by atoms with van der Waals surface area (Å²) < 4.78 is 35.2. The van der Waals surface area contributed by atoms with Crippen molar-refractivity contribution in [3.63, 3.8) is 0 Å². The molecule has 4 nitrogen and oxygen atoms in total. The summed E-state index contributed by atoms with van der Waals surface area (Å²) in [7, 11) is -0.0295. The molecule has 0 fully saturated rings. The Labute approximate surface area is 173 Å². The average molecular weight is 416 g/mol. The molecule has 1 aliphatic rings. The van der Waals surface area contributed by atoms with E-state index in [1.54, 1.807) is 30.9 Å². The van der Waals surface area contributed by atoms with Crippen LogP contribution in [0.2, 0.25) is 0 Å². The topological polar surface area (TPSA) is 41.9 Å². The third kappa shape index (κ3) is 4.04. The Balaban J connectivity index is 2.35. The van der Waals surface area contributed by atoms with E-state index in [1.165, 1.54) is 12.1 Å². The normalized spacial score (nSPS) is 19.6. The molecule has 3 rings (SSSR count). The van der Waals surface area contributed by atoms with Gasteiger partial charge in [-0.1, -0.05) is 47.6 Å². The predicted molar refractivity (Wildman–Crippen MR) is 118 cm³/mol. The van der Waals surface area contributed by atoms with E-state index < -0.39 is 7.52 Å². The van der Waals surface area contributed by atoms with Crippen LogP contribution in [-0.4, -0.2) is 24.2 Å². The molecule has 0 amide bonds. The maximum atomic E-state index is 14.0. The fourth-order valence-corrected chi connectivity index (χ4v) is 5.00. The first-order valence-electron chi connectivity index (χ1n) is 9.75. The zero-order chi connectivity index (χ0) is 21.8. The van der Waals surface area contributed by atoms with Crippen LogP contribution < -0.4 is 4.52 Å². The smallest absolute Gasteiger partial charge is 0.367 e. The molecular weight excluding hydrogens is 386 g/mol. The summed E-state index contributed by atoms with van der Waals surface area (Å²) in [5.74, 6) is 0.213. The fourth-order valence-electron chi connectivity index (χ4n) is 3.22. The van der Waals surface area contributed by atoms with Crippen molar-refractivity contribution in [3.05, 3.63) is 58.9 Å². The molecule has 0 aromatic heterocycles. The molecule has 0 radical (unpaired) electrons. The molecule has 29 heavy (non-hydrogen) atoms. The quantitative estimate of drug-likeness (QED) is 0.515. The zero-order valence-corrected chi connectivity index (χ0v) is 19.4. The van der Waals surface area contributed by atoms with Gasteiger partial charge in [0.25, 0.3) is 0 Å². The minimum Gasteiger partial charge on any atom is -0.426 e. The van der Waals surface area contributed by atoms with E-state index in [4.69, 9.17) is 9.52 Å². The van der Waals surface area contributed by atoms with Gasteiger partial charge in [0.05, 0.1) is 0 Å². The second-order valence-corrected chi connectivity index (χ2v) is 12.2. The van der Waals surface area contributed by atoms with Crippen molar-refractivity contribution in [2.45, 2.75) is 52.4 Å². The Morgan fingerprint density at radius 1 is 0.966 bits per heavy atom. The highest BCUT2D eigenvalue weighted by molar-refractivity contribution is 7.75. The molecule has 2 aromatic carbocycles. The Kier molecular flexibility index (Phi) is 5.30. The molecule has 6 heteroatoms. The molecule has 0 N–H and O–H groups in total. The number of hydrogen-bond acceptors (Lipinski definition) is 3. The van der Waals surface area contributed by atoms with E-state index in [1.807, 2.05) is 6.07 Å². The van der Waals surface area contributed by atoms with Crippen LogP contribution in [0.1, 0.15) is 58.2 Å². The van der Waals surface area contributed by atoms with Gasteiger partial charge in [-0.3, -0.25) is 4.57 Å². The van der Waals surface area contributed by atoms with E-state index in [0.29, 0.717) is 22.5 Å². The van der Waals surface area contributed by atoms with Crippen LogP contribution in [0.15, 0.2) is 41.4 Å². The molecule has 0 spiro atoms. The fraction of sp³-hybridized carbons (Fsp3) is 0.435. The van der Waals surface area contributed by atoms with Crippen molar-refractivity contribution >= 4 is 18.7 Å². The van der Waals surface area contributed by atoms with Gasteiger partial charge in [0.2, 0.25) is 0 Å². The first-order valence-corrected chi connectivity index (χ1v) is 11.3. The number of aliphatic imine (C=N–C) groups is 1. The minimum absolute atomic E-state index is 0.0801. The molecule has 0 aliphatic carbocycles. The van der Waals surface area contributed by atoms with Gasteiger partial charge in [-0.05, 0) is 60.8 Å². The number of fused-ring (bicyclic) bond motifs is 1. The number of benzene rings is 2. The van der Waals surface area contributed by atoms with Gasteiger partial charge in [-0.25, -0.2) is 14.1 Å². The van der Waals surface area contributed by atoms with Crippen LogP contribution in [0, 0.1) is 5.82 Å². The molecule has 0 saturated heterocycles. The second kappa shape index (κ2) is 7.07. The molecule has 1 heterocycles. The van der Waals surface area contributed by atoms with Crippen molar-refractivity contribution in [2.75, 3.05) is 14.1 Å². The first kappa shape index (κ1) is 21.7.